The van der Waals surface area contributed by atoms with Crippen molar-refractivity contribution in [3.05, 3.63) is 88.0 Å². The Morgan fingerprint density at radius 3 is 2.50 bits per heavy atom. The van der Waals surface area contributed by atoms with E-state index in [-0.39, 0.29) is 12.3 Å². The normalized spacial score (nSPS) is 10.0. The summed E-state index contributed by atoms with van der Waals surface area (Å²) in [5.74, 6) is 5.44. The molecule has 2 rings (SSSR count). The standard InChI is InChI=1S/C19H15NO4/c21-19(10-6-2-5-9-16-7-3-1-4-8-16)24-15-17-11-13-18(14-12-17)20(22)23/h1,3-4,6-8,10-14H,2,15H2/b10-6+. The minimum absolute atomic E-state index is 0.00182. The summed E-state index contributed by atoms with van der Waals surface area (Å²) in [5, 5.41) is 10.5. The lowest BCUT2D eigenvalue weighted by Gasteiger charge is -2.01. The van der Waals surface area contributed by atoms with Gasteiger partial charge in [-0.2, -0.15) is 0 Å². The molecule has 0 aromatic heterocycles. The van der Waals surface area contributed by atoms with Crippen LogP contribution in [0, 0.1) is 22.0 Å². The van der Waals surface area contributed by atoms with Crippen molar-refractivity contribution in [3.8, 4) is 11.8 Å². The first-order valence-electron chi connectivity index (χ1n) is 7.26. The minimum atomic E-state index is -0.477. The number of hydrogen-bond donors (Lipinski definition) is 0. The fourth-order valence-electron chi connectivity index (χ4n) is 1.81. The van der Waals surface area contributed by atoms with Crippen molar-refractivity contribution in [3.63, 3.8) is 0 Å². The predicted octanol–water partition coefficient (Wildman–Crippen LogP) is 3.64. The lowest BCUT2D eigenvalue weighted by molar-refractivity contribution is -0.384. The number of rotatable bonds is 5. The van der Waals surface area contributed by atoms with E-state index < -0.39 is 10.9 Å². The second kappa shape index (κ2) is 8.91. The Labute approximate surface area is 139 Å². The second-order valence-electron chi connectivity index (χ2n) is 4.81. The summed E-state index contributed by atoms with van der Waals surface area (Å²) < 4.78 is 5.05. The number of nitro benzene ring substituents is 1. The van der Waals surface area contributed by atoms with Gasteiger partial charge in [-0.3, -0.25) is 10.1 Å². The lowest BCUT2D eigenvalue weighted by Crippen LogP contribution is -2.00. The van der Waals surface area contributed by atoms with Crippen LogP contribution < -0.4 is 0 Å². The van der Waals surface area contributed by atoms with Crippen LogP contribution in [0.15, 0.2) is 66.7 Å². The molecule has 5 heteroatoms. The van der Waals surface area contributed by atoms with Gasteiger partial charge in [0.2, 0.25) is 0 Å². The molecule has 0 heterocycles. The Hall–Kier alpha value is -3.39. The number of nitro groups is 1. The van der Waals surface area contributed by atoms with Crippen LogP contribution in [0.1, 0.15) is 17.5 Å². The summed E-state index contributed by atoms with van der Waals surface area (Å²) in [6.07, 6.45) is 3.40. The zero-order valence-electron chi connectivity index (χ0n) is 12.8. The summed E-state index contributed by atoms with van der Waals surface area (Å²) >= 11 is 0. The van der Waals surface area contributed by atoms with Crippen molar-refractivity contribution < 1.29 is 14.5 Å². The molecule has 0 aliphatic carbocycles. The number of esters is 1. The average molecular weight is 321 g/mol. The number of carbonyl (C=O) groups excluding carboxylic acids is 1. The van der Waals surface area contributed by atoms with Crippen molar-refractivity contribution in [2.24, 2.45) is 0 Å². The molecule has 0 unspecified atom stereocenters. The molecule has 120 valence electrons. The van der Waals surface area contributed by atoms with E-state index in [2.05, 4.69) is 11.8 Å². The Bertz CT molecular complexity index is 784. The number of benzene rings is 2. The van der Waals surface area contributed by atoms with Crippen molar-refractivity contribution in [2.45, 2.75) is 13.0 Å². The van der Waals surface area contributed by atoms with Crippen LogP contribution in [-0.4, -0.2) is 10.9 Å². The number of nitrogens with zero attached hydrogens (tertiary/aromatic N) is 1. The molecule has 2 aromatic carbocycles. The highest BCUT2D eigenvalue weighted by Crippen LogP contribution is 2.12. The molecule has 0 aliphatic heterocycles. The molecular formula is C19H15NO4. The summed E-state index contributed by atoms with van der Waals surface area (Å²) in [5.41, 5.74) is 1.61. The topological polar surface area (TPSA) is 69.4 Å². The third-order valence-corrected chi connectivity index (χ3v) is 3.01. The molecule has 0 bridgehead atoms. The Balaban J connectivity index is 1.75. The van der Waals surface area contributed by atoms with Crippen LogP contribution >= 0.6 is 0 Å². The second-order valence-corrected chi connectivity index (χ2v) is 4.81. The van der Waals surface area contributed by atoms with Crippen LogP contribution in [0.2, 0.25) is 0 Å². The molecule has 24 heavy (non-hydrogen) atoms. The van der Waals surface area contributed by atoms with E-state index in [0.29, 0.717) is 12.0 Å². The SMILES string of the molecule is O=C(/C=C/CC#Cc1ccccc1)OCc1ccc([N+](=O)[O-])cc1. The number of hydrogen-bond acceptors (Lipinski definition) is 4. The van der Waals surface area contributed by atoms with Gasteiger partial charge < -0.3 is 4.74 Å². The molecule has 0 aliphatic rings. The summed E-state index contributed by atoms with van der Waals surface area (Å²) in [6.45, 7) is 0.0663. The van der Waals surface area contributed by atoms with Crippen LogP contribution in [-0.2, 0) is 16.1 Å². The van der Waals surface area contributed by atoms with Crippen LogP contribution in [0.4, 0.5) is 5.69 Å². The maximum absolute atomic E-state index is 11.6. The molecule has 0 amide bonds. The lowest BCUT2D eigenvalue weighted by atomic mass is 10.2. The van der Waals surface area contributed by atoms with Gasteiger partial charge in [-0.25, -0.2) is 4.79 Å². The van der Waals surface area contributed by atoms with E-state index in [1.54, 1.807) is 18.2 Å². The Morgan fingerprint density at radius 2 is 1.83 bits per heavy atom. The number of carbonyl (C=O) groups is 1. The van der Waals surface area contributed by atoms with E-state index in [0.717, 1.165) is 5.56 Å². The van der Waals surface area contributed by atoms with Gasteiger partial charge >= 0.3 is 5.97 Å². The maximum atomic E-state index is 11.6. The highest BCUT2D eigenvalue weighted by Gasteiger charge is 2.04. The van der Waals surface area contributed by atoms with Gasteiger partial charge in [-0.1, -0.05) is 36.1 Å². The maximum Gasteiger partial charge on any atom is 0.330 e. The van der Waals surface area contributed by atoms with Crippen molar-refractivity contribution in [1.29, 1.82) is 0 Å². The summed E-state index contributed by atoms with van der Waals surface area (Å²) in [7, 11) is 0. The number of ether oxygens (including phenoxy) is 1. The fourth-order valence-corrected chi connectivity index (χ4v) is 1.81. The van der Waals surface area contributed by atoms with Gasteiger partial charge in [0.15, 0.2) is 0 Å². The first-order valence-corrected chi connectivity index (χ1v) is 7.26. The highest BCUT2D eigenvalue weighted by molar-refractivity contribution is 5.81. The summed E-state index contributed by atoms with van der Waals surface area (Å²) in [6, 6.07) is 15.4. The molecule has 0 saturated carbocycles. The highest BCUT2D eigenvalue weighted by atomic mass is 16.6. The van der Waals surface area contributed by atoms with Gasteiger partial charge in [0.05, 0.1) is 4.92 Å². The van der Waals surface area contributed by atoms with E-state index >= 15 is 0 Å². The van der Waals surface area contributed by atoms with E-state index in [4.69, 9.17) is 4.74 Å². The zero-order valence-corrected chi connectivity index (χ0v) is 12.8. The van der Waals surface area contributed by atoms with E-state index in [9.17, 15) is 14.9 Å². The molecule has 0 fully saturated rings. The van der Waals surface area contributed by atoms with Crippen molar-refractivity contribution in [2.75, 3.05) is 0 Å². The van der Waals surface area contributed by atoms with Gasteiger partial charge in [0.25, 0.3) is 5.69 Å². The quantitative estimate of drug-likeness (QED) is 0.277. The average Bonchev–Trinajstić information content (AvgIpc) is 2.61. The first kappa shape index (κ1) is 17.0. The molecule has 0 atom stereocenters. The monoisotopic (exact) mass is 321 g/mol. The Kier molecular flexibility index (Phi) is 6.30. The van der Waals surface area contributed by atoms with Crippen molar-refractivity contribution in [1.82, 2.24) is 0 Å². The minimum Gasteiger partial charge on any atom is -0.458 e. The Morgan fingerprint density at radius 1 is 1.12 bits per heavy atom. The van der Waals surface area contributed by atoms with Gasteiger partial charge in [0, 0.05) is 30.2 Å². The first-order chi connectivity index (χ1) is 11.6. The largest absolute Gasteiger partial charge is 0.458 e. The smallest absolute Gasteiger partial charge is 0.330 e. The molecule has 5 nitrogen and oxygen atoms in total. The predicted molar refractivity (Wildman–Crippen MR) is 90.0 cm³/mol. The van der Waals surface area contributed by atoms with Crippen LogP contribution in [0.5, 0.6) is 0 Å². The fraction of sp³-hybridized carbons (Fsp3) is 0.105. The molecule has 0 radical (unpaired) electrons. The number of allylic oxidation sites excluding steroid dienone is 1. The van der Waals surface area contributed by atoms with Crippen LogP contribution in [0.25, 0.3) is 0 Å². The van der Waals surface area contributed by atoms with Gasteiger partial charge in [0.1, 0.15) is 6.61 Å². The number of non-ortho nitro benzene ring substituents is 1. The van der Waals surface area contributed by atoms with Crippen molar-refractivity contribution >= 4 is 11.7 Å². The molecular weight excluding hydrogens is 306 g/mol. The molecule has 0 N–H and O–H groups in total. The zero-order chi connectivity index (χ0) is 17.2. The van der Waals surface area contributed by atoms with E-state index in [1.165, 1.54) is 18.2 Å². The molecule has 0 spiro atoms. The van der Waals surface area contributed by atoms with Gasteiger partial charge in [-0.05, 0) is 29.8 Å². The van der Waals surface area contributed by atoms with Crippen LogP contribution in [0.3, 0.4) is 0 Å². The van der Waals surface area contributed by atoms with Gasteiger partial charge in [-0.15, -0.1) is 0 Å². The third-order valence-electron chi connectivity index (χ3n) is 3.01. The van der Waals surface area contributed by atoms with E-state index in [1.807, 2.05) is 30.3 Å². The molecule has 2 aromatic rings. The third kappa shape index (κ3) is 5.78. The summed E-state index contributed by atoms with van der Waals surface area (Å²) in [4.78, 5) is 21.6. The molecule has 0 saturated heterocycles.